The second kappa shape index (κ2) is 8.48. The van der Waals surface area contributed by atoms with Gasteiger partial charge in [0.2, 0.25) is 0 Å². The molecule has 6 nitrogen and oxygen atoms in total. The van der Waals surface area contributed by atoms with Crippen LogP contribution in [0.1, 0.15) is 42.9 Å². The number of carbonyl (C=O) groups excluding carboxylic acids is 1. The molecule has 0 bridgehead atoms. The summed E-state index contributed by atoms with van der Waals surface area (Å²) in [6.07, 6.45) is 9.91. The van der Waals surface area contributed by atoms with Gasteiger partial charge >= 0.3 is 6.03 Å². The summed E-state index contributed by atoms with van der Waals surface area (Å²) < 4.78 is 27.2. The maximum absolute atomic E-state index is 13.6. The van der Waals surface area contributed by atoms with E-state index in [4.69, 9.17) is 0 Å². The van der Waals surface area contributed by atoms with Crippen molar-refractivity contribution in [2.45, 2.75) is 46.0 Å². The number of carbonyl (C=O) groups is 1. The third kappa shape index (κ3) is 4.12. The van der Waals surface area contributed by atoms with Crippen molar-refractivity contribution in [3.8, 4) is 0 Å². The molecular formula is C23H35F2N5O. The first-order valence-corrected chi connectivity index (χ1v) is 11.2. The van der Waals surface area contributed by atoms with E-state index in [0.29, 0.717) is 19.0 Å². The third-order valence-corrected chi connectivity index (χ3v) is 6.68. The van der Waals surface area contributed by atoms with Gasteiger partial charge in [0, 0.05) is 40.2 Å². The Kier molecular flexibility index (Phi) is 5.90. The lowest BCUT2D eigenvalue weighted by molar-refractivity contribution is 0.0000305. The topological polar surface area (TPSA) is 63.7 Å². The van der Waals surface area contributed by atoms with E-state index in [0.717, 1.165) is 30.0 Å². The van der Waals surface area contributed by atoms with Crippen molar-refractivity contribution in [1.82, 2.24) is 15.2 Å². The van der Waals surface area contributed by atoms with Crippen LogP contribution < -0.4 is 10.2 Å². The number of urea groups is 1. The van der Waals surface area contributed by atoms with E-state index in [-0.39, 0.29) is 21.1 Å². The molecule has 1 saturated heterocycles. The molecule has 2 N–H and O–H groups in total. The van der Waals surface area contributed by atoms with Crippen molar-refractivity contribution < 1.29 is 16.4 Å². The molecule has 0 radical (unpaired) electrons. The van der Waals surface area contributed by atoms with Gasteiger partial charge in [-0.25, -0.2) is 18.6 Å². The normalized spacial score (nSPS) is 25.1. The number of hydrogen-bond donors (Lipinski definition) is 2. The fourth-order valence-electron chi connectivity index (χ4n) is 4.68. The standard InChI is InChI=1S/C23H31F2N5O.2H2/c1-4-15-9-17-11-27-21-19(7-8-26-21)30(17)20(10-15)18-13-29(12-16(18)5-2)22(31)28-14-23(24,25)6-3;;/h7-11,15-16,18,26H,4-6,12-14H2,1-3H3,(H,28,31);2*1H/t15?,16-,18+;;/m1../s1. The quantitative estimate of drug-likeness (QED) is 0.615. The minimum Gasteiger partial charge on any atom is -0.345 e. The number of allylic oxidation sites excluding steroid dienone is 3. The Morgan fingerprint density at radius 1 is 1.29 bits per heavy atom. The number of amides is 2. The van der Waals surface area contributed by atoms with Crippen LogP contribution in [0.3, 0.4) is 0 Å². The van der Waals surface area contributed by atoms with Gasteiger partial charge in [0.15, 0.2) is 5.82 Å². The number of rotatable bonds is 6. The average Bonchev–Trinajstić information content (AvgIpc) is 3.43. The number of anilines is 1. The number of aliphatic imine (C=N–C) groups is 1. The highest BCUT2D eigenvalue weighted by atomic mass is 19.3. The predicted molar refractivity (Wildman–Crippen MR) is 123 cm³/mol. The molecule has 3 aliphatic rings. The third-order valence-electron chi connectivity index (χ3n) is 6.68. The van der Waals surface area contributed by atoms with E-state index in [9.17, 15) is 13.6 Å². The number of alkyl halides is 2. The molecule has 2 amide bonds. The zero-order valence-corrected chi connectivity index (χ0v) is 18.4. The lowest BCUT2D eigenvalue weighted by Gasteiger charge is -2.38. The number of H-pyrrole nitrogens is 1. The van der Waals surface area contributed by atoms with Crippen LogP contribution in [0, 0.1) is 17.8 Å². The molecule has 3 aliphatic heterocycles. The number of hydrogen-bond acceptors (Lipinski definition) is 3. The highest BCUT2D eigenvalue weighted by molar-refractivity contribution is 5.95. The van der Waals surface area contributed by atoms with E-state index in [2.05, 4.69) is 46.2 Å². The summed E-state index contributed by atoms with van der Waals surface area (Å²) in [6, 6.07) is 1.61. The first-order valence-electron chi connectivity index (χ1n) is 11.2. The molecule has 1 aromatic heterocycles. The second-order valence-electron chi connectivity index (χ2n) is 8.61. The smallest absolute Gasteiger partial charge is 0.317 e. The van der Waals surface area contributed by atoms with Crippen molar-refractivity contribution >= 4 is 23.8 Å². The number of likely N-dealkylation sites (tertiary alicyclic amines) is 1. The van der Waals surface area contributed by atoms with Crippen molar-refractivity contribution in [3.63, 3.8) is 0 Å². The Hall–Kier alpha value is -2.64. The number of aromatic amines is 1. The van der Waals surface area contributed by atoms with Gasteiger partial charge < -0.3 is 20.1 Å². The van der Waals surface area contributed by atoms with Crippen LogP contribution in [0.4, 0.5) is 25.1 Å². The maximum Gasteiger partial charge on any atom is 0.317 e. The molecule has 1 aromatic rings. The largest absolute Gasteiger partial charge is 0.345 e. The second-order valence-corrected chi connectivity index (χ2v) is 8.61. The summed E-state index contributed by atoms with van der Waals surface area (Å²) in [6.45, 7) is 6.18. The van der Waals surface area contributed by atoms with Gasteiger partial charge in [0.05, 0.1) is 24.1 Å². The van der Waals surface area contributed by atoms with E-state index < -0.39 is 18.5 Å². The van der Waals surface area contributed by atoms with E-state index in [1.165, 1.54) is 12.6 Å². The fraction of sp³-hybridized carbons (Fsp3) is 0.565. The van der Waals surface area contributed by atoms with Crippen LogP contribution in [0.2, 0.25) is 0 Å². The highest BCUT2D eigenvalue weighted by Gasteiger charge is 2.41. The molecule has 0 aromatic carbocycles. The fourth-order valence-corrected chi connectivity index (χ4v) is 4.68. The van der Waals surface area contributed by atoms with E-state index in [1.807, 2.05) is 18.5 Å². The van der Waals surface area contributed by atoms with Crippen LogP contribution in [0.25, 0.3) is 0 Å². The monoisotopic (exact) mass is 435 g/mol. The molecular weight excluding hydrogens is 400 g/mol. The van der Waals surface area contributed by atoms with E-state index in [1.54, 1.807) is 4.90 Å². The first-order chi connectivity index (χ1) is 14.9. The summed E-state index contributed by atoms with van der Waals surface area (Å²) in [4.78, 5) is 24.3. The molecule has 4 rings (SSSR count). The Morgan fingerprint density at radius 2 is 2.10 bits per heavy atom. The Morgan fingerprint density at radius 3 is 2.81 bits per heavy atom. The molecule has 8 heteroatoms. The number of halogens is 2. The Labute approximate surface area is 185 Å². The van der Waals surface area contributed by atoms with Crippen molar-refractivity contribution in [2.24, 2.45) is 22.7 Å². The van der Waals surface area contributed by atoms with Crippen LogP contribution in [0.5, 0.6) is 0 Å². The summed E-state index contributed by atoms with van der Waals surface area (Å²) >= 11 is 0. The van der Waals surface area contributed by atoms with Crippen LogP contribution in [-0.4, -0.2) is 47.7 Å². The summed E-state index contributed by atoms with van der Waals surface area (Å²) in [7, 11) is 0. The number of nitrogens with zero attached hydrogens (tertiary/aromatic N) is 3. The van der Waals surface area contributed by atoms with E-state index >= 15 is 0 Å². The van der Waals surface area contributed by atoms with Crippen molar-refractivity contribution in [3.05, 3.63) is 35.8 Å². The predicted octanol–water partition coefficient (Wildman–Crippen LogP) is 5.55. The molecule has 0 saturated carbocycles. The number of fused-ring (bicyclic) bond motifs is 3. The van der Waals surface area contributed by atoms with Crippen molar-refractivity contribution in [2.75, 3.05) is 24.5 Å². The minimum atomic E-state index is -2.88. The Balaban J connectivity index is 0.00000193. The molecule has 3 atom stereocenters. The van der Waals surface area contributed by atoms with Gasteiger partial charge in [-0.15, -0.1) is 0 Å². The maximum atomic E-state index is 13.6. The van der Waals surface area contributed by atoms with Gasteiger partial charge in [-0.05, 0) is 24.3 Å². The summed E-state index contributed by atoms with van der Waals surface area (Å²) in [5.74, 6) is -1.36. The van der Waals surface area contributed by atoms with Gasteiger partial charge in [-0.1, -0.05) is 39.3 Å². The van der Waals surface area contributed by atoms with Gasteiger partial charge in [-0.2, -0.15) is 0 Å². The van der Waals surface area contributed by atoms with Gasteiger partial charge in [-0.3, -0.25) is 0 Å². The molecule has 0 spiro atoms. The molecule has 0 aliphatic carbocycles. The van der Waals surface area contributed by atoms with Gasteiger partial charge in [0.1, 0.15) is 0 Å². The minimum absolute atomic E-state index is 0. The lowest BCUT2D eigenvalue weighted by Crippen LogP contribution is -2.44. The van der Waals surface area contributed by atoms with Crippen LogP contribution in [0.15, 0.2) is 40.8 Å². The Bertz CT molecular complexity index is 930. The first kappa shape index (κ1) is 21.6. The lowest BCUT2D eigenvalue weighted by atomic mass is 9.85. The number of nitrogens with one attached hydrogen (secondary N) is 2. The number of aromatic nitrogens is 1. The average molecular weight is 436 g/mol. The molecule has 1 unspecified atom stereocenters. The molecule has 4 heterocycles. The van der Waals surface area contributed by atoms with Crippen LogP contribution >= 0.6 is 0 Å². The summed E-state index contributed by atoms with van der Waals surface area (Å²) in [5.41, 5.74) is 3.24. The SMILES string of the molecule is CCC1C=C2C=Nc3[nH]ccc3N2C([C@H]2CN(C(=O)NCC(F)(F)CC)C[C@H]2CC)=C1.[HH].[HH]. The molecule has 31 heavy (non-hydrogen) atoms. The summed E-state index contributed by atoms with van der Waals surface area (Å²) in [5, 5.41) is 2.44. The molecule has 172 valence electrons. The zero-order valence-electron chi connectivity index (χ0n) is 18.4. The molecule has 1 fully saturated rings. The van der Waals surface area contributed by atoms with Gasteiger partial charge in [0.25, 0.3) is 5.92 Å². The highest BCUT2D eigenvalue weighted by Crippen LogP contribution is 2.44. The van der Waals surface area contributed by atoms with Crippen LogP contribution in [-0.2, 0) is 0 Å². The van der Waals surface area contributed by atoms with Crippen molar-refractivity contribution in [1.29, 1.82) is 0 Å². The zero-order chi connectivity index (χ0) is 22.2.